The lowest BCUT2D eigenvalue weighted by Gasteiger charge is -2.19. The molecule has 186 valence electrons. The van der Waals surface area contributed by atoms with E-state index >= 15 is 0 Å². The minimum atomic E-state index is -0.421. The zero-order valence-electron chi connectivity index (χ0n) is 20.2. The number of esters is 1. The zero-order chi connectivity index (χ0) is 25.7. The molecule has 9 heteroatoms. The van der Waals surface area contributed by atoms with Crippen LogP contribution in [0, 0.1) is 11.3 Å². The normalized spacial score (nSPS) is 13.5. The number of hydrogen-bond acceptors (Lipinski definition) is 7. The SMILES string of the molecule is CC(C)Oc1ccc(C(=O)NC(CCO)Cc2ccc(-c3cn4c(n3)C(=O)OCC4)cc2)cc1C#N. The van der Waals surface area contributed by atoms with Crippen LogP contribution in [0.5, 0.6) is 5.75 Å². The minimum Gasteiger partial charge on any atom is -0.490 e. The number of aliphatic hydroxyl groups is 1. The van der Waals surface area contributed by atoms with E-state index in [2.05, 4.69) is 16.4 Å². The highest BCUT2D eigenvalue weighted by atomic mass is 16.5. The predicted octanol–water partition coefficient (Wildman–Crippen LogP) is 3.10. The zero-order valence-corrected chi connectivity index (χ0v) is 20.2. The number of aromatic nitrogens is 2. The molecule has 0 aliphatic carbocycles. The van der Waals surface area contributed by atoms with Crippen LogP contribution in [0.15, 0.2) is 48.7 Å². The topological polar surface area (TPSA) is 126 Å². The van der Waals surface area contributed by atoms with E-state index in [4.69, 9.17) is 9.47 Å². The van der Waals surface area contributed by atoms with E-state index in [1.807, 2.05) is 44.3 Å². The van der Waals surface area contributed by atoms with Gasteiger partial charge in [0.15, 0.2) is 0 Å². The first kappa shape index (κ1) is 24.9. The molecule has 1 unspecified atom stereocenters. The second kappa shape index (κ2) is 11.1. The van der Waals surface area contributed by atoms with E-state index in [0.717, 1.165) is 11.1 Å². The summed E-state index contributed by atoms with van der Waals surface area (Å²) >= 11 is 0. The molecule has 0 bridgehead atoms. The van der Waals surface area contributed by atoms with Crippen molar-refractivity contribution in [3.05, 3.63) is 71.2 Å². The molecule has 1 atom stereocenters. The van der Waals surface area contributed by atoms with Gasteiger partial charge >= 0.3 is 5.97 Å². The number of amides is 1. The number of nitrogens with zero attached hydrogens (tertiary/aromatic N) is 3. The fourth-order valence-electron chi connectivity index (χ4n) is 4.05. The third kappa shape index (κ3) is 5.73. The number of imidazole rings is 1. The van der Waals surface area contributed by atoms with Gasteiger partial charge in [-0.2, -0.15) is 5.26 Å². The average Bonchev–Trinajstić information content (AvgIpc) is 3.30. The van der Waals surface area contributed by atoms with E-state index in [-0.39, 0.29) is 24.7 Å². The standard InChI is InChI=1S/C27H28N4O5/c1-17(2)36-24-8-7-20(14-21(24)15-28)26(33)29-22(9-11-32)13-18-3-5-19(6-4-18)23-16-31-10-12-35-27(34)25(31)30-23/h3-8,14,16-17,22,32H,9-13H2,1-2H3,(H,29,33). The summed E-state index contributed by atoms with van der Waals surface area (Å²) in [6.45, 7) is 4.58. The fraction of sp³-hybridized carbons (Fsp3) is 0.333. The van der Waals surface area contributed by atoms with E-state index in [0.29, 0.717) is 54.4 Å². The van der Waals surface area contributed by atoms with E-state index < -0.39 is 5.97 Å². The smallest absolute Gasteiger partial charge is 0.374 e. The van der Waals surface area contributed by atoms with Gasteiger partial charge in [-0.05, 0) is 50.5 Å². The number of carbonyl (C=O) groups is 2. The van der Waals surface area contributed by atoms with Crippen molar-refractivity contribution in [2.45, 2.75) is 45.4 Å². The van der Waals surface area contributed by atoms with Crippen molar-refractivity contribution in [3.8, 4) is 23.1 Å². The first-order valence-electron chi connectivity index (χ1n) is 11.8. The van der Waals surface area contributed by atoms with Gasteiger partial charge in [0.2, 0.25) is 5.82 Å². The third-order valence-electron chi connectivity index (χ3n) is 5.79. The van der Waals surface area contributed by atoms with Crippen LogP contribution >= 0.6 is 0 Å². The monoisotopic (exact) mass is 488 g/mol. The summed E-state index contributed by atoms with van der Waals surface area (Å²) in [4.78, 5) is 29.2. The Morgan fingerprint density at radius 2 is 2.06 bits per heavy atom. The van der Waals surface area contributed by atoms with Crippen LogP contribution in [-0.2, 0) is 17.7 Å². The van der Waals surface area contributed by atoms with Crippen LogP contribution in [0.3, 0.4) is 0 Å². The molecular formula is C27H28N4O5. The molecule has 0 radical (unpaired) electrons. The Hall–Kier alpha value is -4.16. The number of hydrogen-bond donors (Lipinski definition) is 2. The maximum absolute atomic E-state index is 12.9. The molecule has 36 heavy (non-hydrogen) atoms. The molecule has 0 spiro atoms. The lowest BCUT2D eigenvalue weighted by Crippen LogP contribution is -2.37. The van der Waals surface area contributed by atoms with Crippen molar-refractivity contribution >= 4 is 11.9 Å². The second-order valence-electron chi connectivity index (χ2n) is 8.85. The number of benzene rings is 2. The maximum atomic E-state index is 12.9. The first-order chi connectivity index (χ1) is 17.4. The molecule has 2 heterocycles. The van der Waals surface area contributed by atoms with Gasteiger partial charge in [0, 0.05) is 30.0 Å². The average molecular weight is 489 g/mol. The van der Waals surface area contributed by atoms with Crippen molar-refractivity contribution < 1.29 is 24.2 Å². The largest absolute Gasteiger partial charge is 0.490 e. The highest BCUT2D eigenvalue weighted by molar-refractivity contribution is 5.95. The predicted molar refractivity (Wildman–Crippen MR) is 132 cm³/mol. The van der Waals surface area contributed by atoms with E-state index in [9.17, 15) is 20.0 Å². The van der Waals surface area contributed by atoms with Crippen molar-refractivity contribution in [2.24, 2.45) is 0 Å². The maximum Gasteiger partial charge on any atom is 0.374 e. The number of aliphatic hydroxyl groups excluding tert-OH is 1. The van der Waals surface area contributed by atoms with Crippen LogP contribution in [0.1, 0.15) is 52.4 Å². The molecule has 0 fully saturated rings. The Bertz CT molecular complexity index is 1290. The summed E-state index contributed by atoms with van der Waals surface area (Å²) in [5, 5.41) is 21.9. The quantitative estimate of drug-likeness (QED) is 0.443. The molecule has 2 N–H and O–H groups in total. The van der Waals surface area contributed by atoms with Gasteiger partial charge in [0.25, 0.3) is 5.91 Å². The molecule has 0 saturated heterocycles. The minimum absolute atomic E-state index is 0.0794. The Labute approximate surface area is 209 Å². The number of fused-ring (bicyclic) bond motifs is 1. The number of carbonyl (C=O) groups excluding carboxylic acids is 2. The Morgan fingerprint density at radius 3 is 2.72 bits per heavy atom. The molecule has 0 saturated carbocycles. The highest BCUT2D eigenvalue weighted by Gasteiger charge is 2.22. The molecule has 1 aliphatic rings. The summed E-state index contributed by atoms with van der Waals surface area (Å²) < 4.78 is 12.5. The lowest BCUT2D eigenvalue weighted by atomic mass is 10.0. The summed E-state index contributed by atoms with van der Waals surface area (Å²) in [6.07, 6.45) is 2.64. The van der Waals surface area contributed by atoms with Crippen LogP contribution in [0.2, 0.25) is 0 Å². The highest BCUT2D eigenvalue weighted by Crippen LogP contribution is 2.23. The Morgan fingerprint density at radius 1 is 1.28 bits per heavy atom. The Kier molecular flexibility index (Phi) is 7.66. The molecule has 1 amide bonds. The van der Waals surface area contributed by atoms with Crippen molar-refractivity contribution in [3.63, 3.8) is 0 Å². The van der Waals surface area contributed by atoms with Crippen molar-refractivity contribution in [2.75, 3.05) is 13.2 Å². The molecule has 1 aliphatic heterocycles. The van der Waals surface area contributed by atoms with Crippen LogP contribution in [0.25, 0.3) is 11.3 Å². The van der Waals surface area contributed by atoms with Crippen molar-refractivity contribution in [1.82, 2.24) is 14.9 Å². The fourth-order valence-corrected chi connectivity index (χ4v) is 4.05. The number of nitrogens with one attached hydrogen (secondary N) is 1. The van der Waals surface area contributed by atoms with Gasteiger partial charge in [-0.15, -0.1) is 0 Å². The first-order valence-corrected chi connectivity index (χ1v) is 11.8. The summed E-state index contributed by atoms with van der Waals surface area (Å²) in [5.74, 6) is -0.00950. The molecule has 4 rings (SSSR count). The van der Waals surface area contributed by atoms with Gasteiger partial charge in [-0.3, -0.25) is 4.79 Å². The number of cyclic esters (lactones) is 1. The summed E-state index contributed by atoms with van der Waals surface area (Å²) in [7, 11) is 0. The van der Waals surface area contributed by atoms with Gasteiger partial charge in [0.05, 0.1) is 23.9 Å². The molecule has 1 aromatic heterocycles. The number of ether oxygens (including phenoxy) is 2. The number of rotatable bonds is 9. The van der Waals surface area contributed by atoms with Gasteiger partial charge < -0.3 is 24.5 Å². The van der Waals surface area contributed by atoms with Crippen molar-refractivity contribution in [1.29, 1.82) is 5.26 Å². The second-order valence-corrected chi connectivity index (χ2v) is 8.85. The molecule has 3 aromatic rings. The lowest BCUT2D eigenvalue weighted by molar-refractivity contribution is 0.0412. The van der Waals surface area contributed by atoms with Crippen LogP contribution in [0.4, 0.5) is 0 Å². The van der Waals surface area contributed by atoms with E-state index in [1.165, 1.54) is 6.07 Å². The third-order valence-corrected chi connectivity index (χ3v) is 5.79. The van der Waals surface area contributed by atoms with Gasteiger partial charge in [-0.25, -0.2) is 9.78 Å². The van der Waals surface area contributed by atoms with Crippen LogP contribution in [-0.4, -0.2) is 51.9 Å². The van der Waals surface area contributed by atoms with E-state index in [1.54, 1.807) is 16.7 Å². The Balaban J connectivity index is 1.44. The number of nitriles is 1. The van der Waals surface area contributed by atoms with Crippen LogP contribution < -0.4 is 10.1 Å². The van der Waals surface area contributed by atoms with Gasteiger partial charge in [-0.1, -0.05) is 24.3 Å². The molecule has 2 aromatic carbocycles. The van der Waals surface area contributed by atoms with Gasteiger partial charge in [0.1, 0.15) is 18.4 Å². The summed E-state index contributed by atoms with van der Waals surface area (Å²) in [5.41, 5.74) is 3.17. The summed E-state index contributed by atoms with van der Waals surface area (Å²) in [6, 6.07) is 14.2. The molecular weight excluding hydrogens is 460 g/mol. The molecule has 9 nitrogen and oxygen atoms in total.